The van der Waals surface area contributed by atoms with Crippen LogP contribution < -0.4 is 10.2 Å². The van der Waals surface area contributed by atoms with Gasteiger partial charge in [0, 0.05) is 11.1 Å². The molecule has 0 aliphatic carbocycles. The van der Waals surface area contributed by atoms with E-state index < -0.39 is 11.9 Å². The quantitative estimate of drug-likeness (QED) is 0.205. The molecule has 2 heterocycles. The molecule has 12 heteroatoms. The first-order valence-corrected chi connectivity index (χ1v) is 11.1. The van der Waals surface area contributed by atoms with Crippen LogP contribution in [-0.2, 0) is 27.3 Å². The van der Waals surface area contributed by atoms with Gasteiger partial charge in [0.05, 0.1) is 46.7 Å². The minimum Gasteiger partial charge on any atom is -0.545 e. The first-order valence-electron chi connectivity index (χ1n) is 11.1. The number of imidazole rings is 2. The van der Waals surface area contributed by atoms with Gasteiger partial charge < -0.3 is 45.5 Å². The molecule has 40 heavy (non-hydrogen) atoms. The largest absolute Gasteiger partial charge is 2.00 e. The van der Waals surface area contributed by atoms with Crippen molar-refractivity contribution >= 4 is 34.0 Å². The van der Waals surface area contributed by atoms with Gasteiger partial charge >= 0.3 is 27.3 Å². The van der Waals surface area contributed by atoms with Crippen molar-refractivity contribution in [2.45, 2.75) is 0 Å². The van der Waals surface area contributed by atoms with Gasteiger partial charge in [0.2, 0.25) is 0 Å². The Morgan fingerprint density at radius 1 is 0.575 bits per heavy atom. The van der Waals surface area contributed by atoms with Gasteiger partial charge in [-0.15, -0.1) is 0 Å². The summed E-state index contributed by atoms with van der Waals surface area (Å²) in [5.74, 6) is -3.25. The molecular weight excluding hydrogens is 617 g/mol. The fraction of sp³-hybridized carbons (Fsp3) is 0. The molecule has 6 N–H and O–H groups in total. The third kappa shape index (κ3) is 9.85. The number of benzene rings is 4. The first kappa shape index (κ1) is 33.3. The van der Waals surface area contributed by atoms with E-state index >= 15 is 0 Å². The van der Waals surface area contributed by atoms with Gasteiger partial charge in [-0.05, 0) is 48.5 Å². The Morgan fingerprint density at radius 2 is 0.900 bits per heavy atom. The van der Waals surface area contributed by atoms with Crippen molar-refractivity contribution < 1.29 is 62.8 Å². The molecule has 11 nitrogen and oxygen atoms in total. The maximum Gasteiger partial charge on any atom is 2.00 e. The number of aromatic hydroxyl groups is 2. The molecule has 0 spiro atoms. The Balaban J connectivity index is 0.000000262. The Morgan fingerprint density at radius 3 is 1.20 bits per heavy atom. The minimum absolute atomic E-state index is 0. The van der Waals surface area contributed by atoms with Crippen LogP contribution in [0.15, 0.2) is 110 Å². The second-order valence-electron chi connectivity index (χ2n) is 7.45. The Kier molecular flexibility index (Phi) is 14.1. The number of carbonyl (C=O) groups excluding carboxylic acids is 2. The molecule has 6 rings (SSSR count). The van der Waals surface area contributed by atoms with E-state index in [1.807, 2.05) is 48.5 Å². The third-order valence-electron chi connectivity index (χ3n) is 4.90. The molecule has 0 saturated heterocycles. The number of carboxylic acid groups (broad SMARTS) is 2. The number of phenols is 2. The average molecular weight is 641 g/mol. The molecule has 0 radical (unpaired) electrons. The van der Waals surface area contributed by atoms with E-state index in [1.54, 1.807) is 24.8 Å². The number of hydrogen-bond acceptors (Lipinski definition) is 8. The summed E-state index contributed by atoms with van der Waals surface area (Å²) >= 11 is 0. The molecule has 0 bridgehead atoms. The molecule has 0 amide bonds. The summed E-state index contributed by atoms with van der Waals surface area (Å²) in [6, 6.07) is 27.2. The number of nitrogens with one attached hydrogen (secondary N) is 2. The number of hydrogen-bond donors (Lipinski definition) is 4. The fourth-order valence-corrected chi connectivity index (χ4v) is 3.05. The third-order valence-corrected chi connectivity index (χ3v) is 4.90. The Labute approximate surface area is 248 Å². The van der Waals surface area contributed by atoms with E-state index in [0.717, 1.165) is 22.1 Å². The van der Waals surface area contributed by atoms with E-state index in [4.69, 9.17) is 10.2 Å². The standard InChI is InChI=1S/2C7H6N2.2C7H6O3.Cd.H2O/c2*1-2-4-7-6(3-1)8-5-9-7;2*8-6-4-2-1-3-5(6)7(9)10;;/h2*1-5H,(H,8,9);2*1-4,8H,(H,9,10);;1H2/q;;;;+2;/p-2. The van der Waals surface area contributed by atoms with Gasteiger partial charge in [-0.25, -0.2) is 9.97 Å². The van der Waals surface area contributed by atoms with Crippen molar-refractivity contribution in [1.82, 2.24) is 19.9 Å². The molecular formula is C28H24CdN4O7. The normalized spacial score (nSPS) is 9.20. The second-order valence-corrected chi connectivity index (χ2v) is 7.45. The van der Waals surface area contributed by atoms with E-state index in [-0.39, 0.29) is 55.4 Å². The van der Waals surface area contributed by atoms with Crippen LogP contribution in [-0.4, -0.2) is 47.6 Å². The summed E-state index contributed by atoms with van der Waals surface area (Å²) in [4.78, 5) is 34.4. The minimum atomic E-state index is -1.36. The molecule has 0 saturated carbocycles. The zero-order valence-corrected chi connectivity index (χ0v) is 25.1. The van der Waals surface area contributed by atoms with Crippen molar-refractivity contribution in [2.75, 3.05) is 0 Å². The van der Waals surface area contributed by atoms with Crippen molar-refractivity contribution in [3.05, 3.63) is 121 Å². The van der Waals surface area contributed by atoms with Crippen LogP contribution in [0.1, 0.15) is 20.7 Å². The van der Waals surface area contributed by atoms with E-state index in [1.165, 1.54) is 36.4 Å². The van der Waals surface area contributed by atoms with Crippen LogP contribution in [0.25, 0.3) is 22.1 Å². The van der Waals surface area contributed by atoms with Gasteiger partial charge in [0.25, 0.3) is 0 Å². The number of carboxylic acids is 2. The number of carbonyl (C=O) groups is 2. The van der Waals surface area contributed by atoms with Gasteiger partial charge in [-0.3, -0.25) is 0 Å². The van der Waals surface area contributed by atoms with E-state index in [0.29, 0.717) is 0 Å². The molecule has 0 unspecified atom stereocenters. The molecule has 2 aromatic heterocycles. The summed E-state index contributed by atoms with van der Waals surface area (Å²) in [6.07, 6.45) is 3.40. The van der Waals surface area contributed by atoms with Gasteiger partial charge in [0.1, 0.15) is 11.5 Å². The first-order chi connectivity index (χ1) is 18.4. The van der Waals surface area contributed by atoms with Crippen LogP contribution in [0.5, 0.6) is 11.5 Å². The number of aromatic amines is 2. The summed E-state index contributed by atoms with van der Waals surface area (Å²) in [5.41, 5.74) is 3.88. The van der Waals surface area contributed by atoms with Crippen molar-refractivity contribution in [1.29, 1.82) is 0 Å². The number of H-pyrrole nitrogens is 2. The molecule has 0 fully saturated rings. The number of para-hydroxylation sites is 6. The van der Waals surface area contributed by atoms with Crippen LogP contribution in [0.2, 0.25) is 0 Å². The molecule has 6 aromatic rings. The number of aromatic nitrogens is 4. The Hall–Kier alpha value is -4.76. The van der Waals surface area contributed by atoms with Crippen LogP contribution in [0.4, 0.5) is 0 Å². The fourth-order valence-electron chi connectivity index (χ4n) is 3.05. The summed E-state index contributed by atoms with van der Waals surface area (Å²) < 4.78 is 0. The molecule has 0 aliphatic heterocycles. The average Bonchev–Trinajstić information content (AvgIpc) is 3.60. The zero-order chi connectivity index (χ0) is 27.3. The predicted octanol–water partition coefficient (Wildman–Crippen LogP) is 1.81. The second kappa shape index (κ2) is 17.0. The van der Waals surface area contributed by atoms with Crippen LogP contribution in [0.3, 0.4) is 0 Å². The number of nitrogens with zero attached hydrogens (tertiary/aromatic N) is 2. The maximum atomic E-state index is 10.2. The predicted molar refractivity (Wildman–Crippen MR) is 141 cm³/mol. The summed E-state index contributed by atoms with van der Waals surface area (Å²) in [7, 11) is 0. The number of rotatable bonds is 2. The molecule has 200 valence electrons. The summed E-state index contributed by atoms with van der Waals surface area (Å²) in [5, 5.41) is 38.0. The van der Waals surface area contributed by atoms with Crippen LogP contribution in [0, 0.1) is 0 Å². The van der Waals surface area contributed by atoms with Crippen molar-refractivity contribution in [2.24, 2.45) is 0 Å². The SMILES string of the molecule is O.O=C([O-])c1ccccc1O.O=C([O-])c1ccccc1O.[Cd+2].c1ccc2[nH]cnc2c1.c1ccc2[nH]cnc2c1. The topological polar surface area (TPSA) is 210 Å². The Bertz CT molecular complexity index is 1450. The van der Waals surface area contributed by atoms with E-state index in [9.17, 15) is 19.8 Å². The molecule has 4 aromatic carbocycles. The monoisotopic (exact) mass is 642 g/mol. The van der Waals surface area contributed by atoms with Gasteiger partial charge in [0.15, 0.2) is 0 Å². The van der Waals surface area contributed by atoms with Crippen molar-refractivity contribution in [3.63, 3.8) is 0 Å². The van der Waals surface area contributed by atoms with E-state index in [2.05, 4.69) is 19.9 Å². The van der Waals surface area contributed by atoms with Gasteiger partial charge in [-0.2, -0.15) is 0 Å². The number of aromatic carboxylic acids is 2. The van der Waals surface area contributed by atoms with Crippen molar-refractivity contribution in [3.8, 4) is 11.5 Å². The number of fused-ring (bicyclic) bond motifs is 2. The van der Waals surface area contributed by atoms with Crippen LogP contribution >= 0.6 is 0 Å². The smallest absolute Gasteiger partial charge is 0.545 e. The maximum absolute atomic E-state index is 10.2. The molecule has 0 aliphatic rings. The zero-order valence-electron chi connectivity index (χ0n) is 21.0. The van der Waals surface area contributed by atoms with Gasteiger partial charge in [-0.1, -0.05) is 48.5 Å². The summed E-state index contributed by atoms with van der Waals surface area (Å²) in [6.45, 7) is 0. The molecule has 0 atom stereocenters.